The maximum absolute atomic E-state index is 10.8. The third-order valence-corrected chi connectivity index (χ3v) is 15.5. The molecule has 11 aromatic carbocycles. The van der Waals surface area contributed by atoms with Gasteiger partial charge in [0, 0.05) is 65.6 Å². The van der Waals surface area contributed by atoms with Gasteiger partial charge in [-0.25, -0.2) is 0 Å². The lowest BCUT2D eigenvalue weighted by atomic mass is 9.92. The van der Waals surface area contributed by atoms with Gasteiger partial charge in [0.1, 0.15) is 0 Å². The fourth-order valence-corrected chi connectivity index (χ4v) is 12.4. The minimum Gasteiger partial charge on any atom is -0.309 e. The third-order valence-electron chi connectivity index (χ3n) is 15.5. The van der Waals surface area contributed by atoms with E-state index in [1.807, 2.05) is 18.2 Å². The Hall–Kier alpha value is -10.4. The lowest BCUT2D eigenvalue weighted by Crippen LogP contribution is -2.03. The second-order valence-electron chi connectivity index (χ2n) is 19.5. The minimum atomic E-state index is 0.563. The van der Waals surface area contributed by atoms with Crippen molar-refractivity contribution in [2.75, 3.05) is 0 Å². The van der Waals surface area contributed by atoms with Gasteiger partial charge < -0.3 is 18.3 Å². The molecule has 0 saturated carbocycles. The van der Waals surface area contributed by atoms with Gasteiger partial charge in [0.05, 0.1) is 78.8 Å². The van der Waals surface area contributed by atoms with E-state index in [0.29, 0.717) is 11.1 Å². The molecule has 0 amide bonds. The van der Waals surface area contributed by atoms with Crippen LogP contribution < -0.4 is 0 Å². The van der Waals surface area contributed by atoms with E-state index in [0.717, 1.165) is 111 Å². The Balaban J connectivity index is 1.08. The molecule has 0 spiro atoms. The van der Waals surface area contributed by atoms with Gasteiger partial charge in [-0.2, -0.15) is 10.5 Å². The third kappa shape index (κ3) is 6.12. The highest BCUT2D eigenvalue weighted by Crippen LogP contribution is 2.47. The van der Waals surface area contributed by atoms with E-state index in [-0.39, 0.29) is 0 Å². The second-order valence-corrected chi connectivity index (χ2v) is 19.5. The molecule has 4 heterocycles. The van der Waals surface area contributed by atoms with Crippen LogP contribution in [0.2, 0.25) is 0 Å². The summed E-state index contributed by atoms with van der Waals surface area (Å²) in [5, 5.41) is 30.0. The number of hydrogen-bond acceptors (Lipinski definition) is 2. The molecule has 0 radical (unpaired) electrons. The molecule has 0 saturated heterocycles. The predicted octanol–water partition coefficient (Wildman–Crippen LogP) is 17.5. The molecule has 348 valence electrons. The van der Waals surface area contributed by atoms with E-state index < -0.39 is 0 Å². The molecule has 0 atom stereocenters. The van der Waals surface area contributed by atoms with Gasteiger partial charge in [0.25, 0.3) is 0 Å². The number of benzene rings is 11. The van der Waals surface area contributed by atoms with Gasteiger partial charge in [-0.05, 0) is 121 Å². The van der Waals surface area contributed by atoms with E-state index in [9.17, 15) is 10.5 Å². The largest absolute Gasteiger partial charge is 0.309 e. The standard InChI is InChI=1S/C69H42N6/c1-43-38-44(41-70)28-31-49(43)46-30-35-62(74-60-26-14-10-22-55(60)66-63(74)36-33-53-50-20-8-12-24-58(50)72(68(53)66)47-16-4-2-5-17-47)57(40-46)52-32-29-45(42-71)39-65(52)75-61-27-15-11-23-56(61)67-64(75)37-34-54-51-21-9-13-25-59(51)73(69(54)67)48-18-6-3-7-19-48/h2-40H,1H3. The smallest absolute Gasteiger partial charge is 0.0992 e. The highest BCUT2D eigenvalue weighted by molar-refractivity contribution is 6.28. The van der Waals surface area contributed by atoms with Gasteiger partial charge >= 0.3 is 0 Å². The summed E-state index contributed by atoms with van der Waals surface area (Å²) in [5.41, 5.74) is 19.1. The first-order valence-electron chi connectivity index (χ1n) is 25.3. The number of nitrogens with zero attached hydrogens (tertiary/aromatic N) is 6. The first kappa shape index (κ1) is 42.3. The molecule has 0 N–H and O–H groups in total. The first-order chi connectivity index (χ1) is 37.1. The van der Waals surface area contributed by atoms with Gasteiger partial charge in [-0.15, -0.1) is 0 Å². The van der Waals surface area contributed by atoms with Gasteiger partial charge in [-0.1, -0.05) is 140 Å². The molecule has 4 aromatic heterocycles. The molecule has 6 heteroatoms. The summed E-state index contributed by atoms with van der Waals surface area (Å²) in [6, 6.07) is 89.1. The number of nitriles is 2. The maximum Gasteiger partial charge on any atom is 0.0992 e. The number of para-hydroxylation sites is 6. The minimum absolute atomic E-state index is 0.563. The number of rotatable bonds is 6. The zero-order valence-electron chi connectivity index (χ0n) is 40.7. The van der Waals surface area contributed by atoms with Crippen molar-refractivity contribution >= 4 is 87.2 Å². The van der Waals surface area contributed by atoms with Crippen LogP contribution in [0.25, 0.3) is 132 Å². The second kappa shape index (κ2) is 16.3. The molecule has 0 aliphatic rings. The van der Waals surface area contributed by atoms with Crippen LogP contribution in [0.3, 0.4) is 0 Å². The van der Waals surface area contributed by atoms with Crippen LogP contribution in [0.1, 0.15) is 16.7 Å². The van der Waals surface area contributed by atoms with E-state index in [1.165, 1.54) is 26.9 Å². The summed E-state index contributed by atoms with van der Waals surface area (Å²) in [6.45, 7) is 2.08. The Morgan fingerprint density at radius 3 is 1.25 bits per heavy atom. The van der Waals surface area contributed by atoms with Crippen molar-refractivity contribution < 1.29 is 0 Å². The lowest BCUT2D eigenvalue weighted by molar-refractivity contribution is 1.16. The van der Waals surface area contributed by atoms with E-state index in [4.69, 9.17) is 0 Å². The Morgan fingerprint density at radius 1 is 0.307 bits per heavy atom. The van der Waals surface area contributed by atoms with Crippen molar-refractivity contribution in [2.24, 2.45) is 0 Å². The lowest BCUT2D eigenvalue weighted by Gasteiger charge is -2.20. The highest BCUT2D eigenvalue weighted by Gasteiger charge is 2.26. The van der Waals surface area contributed by atoms with E-state index >= 15 is 0 Å². The molecule has 0 aliphatic carbocycles. The molecule has 75 heavy (non-hydrogen) atoms. The van der Waals surface area contributed by atoms with Gasteiger partial charge in [0.15, 0.2) is 0 Å². The molecular weight excluding hydrogens is 913 g/mol. The van der Waals surface area contributed by atoms with Crippen molar-refractivity contribution in [3.8, 4) is 57.1 Å². The number of hydrogen-bond donors (Lipinski definition) is 0. The van der Waals surface area contributed by atoms with Crippen molar-refractivity contribution in [2.45, 2.75) is 6.92 Å². The van der Waals surface area contributed by atoms with Crippen LogP contribution in [0.15, 0.2) is 237 Å². The zero-order chi connectivity index (χ0) is 49.9. The molecule has 0 aliphatic heterocycles. The molecular formula is C69H42N6. The topological polar surface area (TPSA) is 67.3 Å². The summed E-state index contributed by atoms with van der Waals surface area (Å²) in [5.74, 6) is 0. The molecule has 6 nitrogen and oxygen atoms in total. The van der Waals surface area contributed by atoms with Crippen molar-refractivity contribution in [1.82, 2.24) is 18.3 Å². The SMILES string of the molecule is Cc1cc(C#N)ccc1-c1ccc(-n2c3ccccc3c3c2ccc2c4ccccc4n(-c4ccccc4)c23)c(-c2ccc(C#N)cc2-n2c3ccccc3c3c2ccc2c4ccccc4n(-c4ccccc4)c23)c1. The normalized spacial score (nSPS) is 11.8. The van der Waals surface area contributed by atoms with Gasteiger partial charge in [0.2, 0.25) is 0 Å². The summed E-state index contributed by atoms with van der Waals surface area (Å²) < 4.78 is 9.66. The Bertz CT molecular complexity index is 4970. The predicted molar refractivity (Wildman–Crippen MR) is 309 cm³/mol. The number of fused-ring (bicyclic) bond motifs is 14. The van der Waals surface area contributed by atoms with Crippen LogP contribution in [0.4, 0.5) is 0 Å². The maximum atomic E-state index is 10.8. The van der Waals surface area contributed by atoms with E-state index in [2.05, 4.69) is 256 Å². The van der Waals surface area contributed by atoms with Crippen LogP contribution >= 0.6 is 0 Å². The molecule has 15 aromatic rings. The zero-order valence-corrected chi connectivity index (χ0v) is 40.7. The van der Waals surface area contributed by atoms with Crippen molar-refractivity contribution in [1.29, 1.82) is 10.5 Å². The number of aryl methyl sites for hydroxylation is 1. The van der Waals surface area contributed by atoms with E-state index in [1.54, 1.807) is 0 Å². The number of aromatic nitrogens is 4. The molecule has 0 unspecified atom stereocenters. The molecule has 15 rings (SSSR count). The summed E-state index contributed by atoms with van der Waals surface area (Å²) in [4.78, 5) is 0. The van der Waals surface area contributed by atoms with Crippen LogP contribution in [0.5, 0.6) is 0 Å². The Kier molecular flexibility index (Phi) is 9.20. The van der Waals surface area contributed by atoms with Crippen LogP contribution in [0, 0.1) is 29.6 Å². The van der Waals surface area contributed by atoms with Crippen molar-refractivity contribution in [3.05, 3.63) is 253 Å². The average molecular weight is 955 g/mol. The first-order valence-corrected chi connectivity index (χ1v) is 25.3. The summed E-state index contributed by atoms with van der Waals surface area (Å²) in [6.07, 6.45) is 0. The molecule has 0 fully saturated rings. The summed E-state index contributed by atoms with van der Waals surface area (Å²) >= 11 is 0. The Morgan fingerprint density at radius 2 is 0.747 bits per heavy atom. The monoisotopic (exact) mass is 954 g/mol. The highest BCUT2D eigenvalue weighted by atomic mass is 15.0. The van der Waals surface area contributed by atoms with Crippen LogP contribution in [-0.2, 0) is 0 Å². The van der Waals surface area contributed by atoms with Gasteiger partial charge in [-0.3, -0.25) is 0 Å². The summed E-state index contributed by atoms with van der Waals surface area (Å²) in [7, 11) is 0. The molecule has 0 bridgehead atoms. The Labute approximate surface area is 431 Å². The quantitative estimate of drug-likeness (QED) is 0.167. The fraction of sp³-hybridized carbons (Fsp3) is 0.0145. The van der Waals surface area contributed by atoms with Crippen molar-refractivity contribution in [3.63, 3.8) is 0 Å². The van der Waals surface area contributed by atoms with Crippen LogP contribution in [-0.4, -0.2) is 18.3 Å². The average Bonchev–Trinajstić information content (AvgIpc) is 4.21. The fourth-order valence-electron chi connectivity index (χ4n) is 12.4.